The number of allylic oxidation sites excluding steroid dienone is 4. The maximum Gasteiger partial charge on any atom is 0.303 e. The normalized spacial score (nSPS) is 29.4. The molecular formula is C25H40O4. The van der Waals surface area contributed by atoms with Crippen molar-refractivity contribution in [2.24, 2.45) is 29.1 Å². The average molecular weight is 405 g/mol. The molecule has 0 spiro atoms. The Morgan fingerprint density at radius 2 is 2.07 bits per heavy atom. The van der Waals surface area contributed by atoms with Crippen molar-refractivity contribution in [2.45, 2.75) is 84.8 Å². The number of fused-ring (bicyclic) bond motifs is 1. The quantitative estimate of drug-likeness (QED) is 0.418. The molecule has 2 aliphatic carbocycles. The van der Waals surface area contributed by atoms with E-state index in [1.54, 1.807) is 0 Å². The first-order chi connectivity index (χ1) is 13.7. The first kappa shape index (κ1) is 23.9. The number of hydrogen-bond donors (Lipinski definition) is 3. The maximum absolute atomic E-state index is 10.7. The van der Waals surface area contributed by atoms with Gasteiger partial charge in [0.2, 0.25) is 0 Å². The Balaban J connectivity index is 1.94. The van der Waals surface area contributed by atoms with Gasteiger partial charge < -0.3 is 15.3 Å². The number of carboxylic acid groups (broad SMARTS) is 1. The Labute approximate surface area is 176 Å². The van der Waals surface area contributed by atoms with Gasteiger partial charge in [-0.1, -0.05) is 63.6 Å². The summed E-state index contributed by atoms with van der Waals surface area (Å²) in [6.07, 6.45) is 15.1. The fourth-order valence-corrected chi connectivity index (χ4v) is 4.83. The van der Waals surface area contributed by atoms with E-state index in [1.165, 1.54) is 5.57 Å². The summed E-state index contributed by atoms with van der Waals surface area (Å²) < 4.78 is 0. The number of carboxylic acids is 1. The molecule has 0 saturated heterocycles. The van der Waals surface area contributed by atoms with E-state index in [-0.39, 0.29) is 23.9 Å². The molecule has 164 valence electrons. The van der Waals surface area contributed by atoms with Crippen molar-refractivity contribution in [1.29, 1.82) is 0 Å². The average Bonchev–Trinajstić information content (AvgIpc) is 3.16. The lowest BCUT2D eigenvalue weighted by Crippen LogP contribution is -2.27. The molecule has 29 heavy (non-hydrogen) atoms. The highest BCUT2D eigenvalue weighted by Crippen LogP contribution is 2.49. The van der Waals surface area contributed by atoms with Gasteiger partial charge in [-0.25, -0.2) is 0 Å². The summed E-state index contributed by atoms with van der Waals surface area (Å²) in [6, 6.07) is 0. The standard InChI is InChI=1S/C25H40O4/c1-5-6-7-13-25(3,4)23(27)12-11-20-21-15-18(14-19(21)16-22(20)26)17(2)9-8-10-24(28)29/h6-7,11-12,14,17,19-23,26-27H,5,8-10,13,15-16H2,1-4H3,(H,28,29)/b7-6+,12-11+/t17?,19?,20-,21?,22-,23?/m1/s1. The fourth-order valence-electron chi connectivity index (χ4n) is 4.83. The van der Waals surface area contributed by atoms with Crippen molar-refractivity contribution in [3.05, 3.63) is 36.0 Å². The van der Waals surface area contributed by atoms with E-state index in [1.807, 2.05) is 6.08 Å². The van der Waals surface area contributed by atoms with Crippen LogP contribution in [-0.4, -0.2) is 33.5 Å². The molecule has 0 heterocycles. The molecule has 4 heteroatoms. The summed E-state index contributed by atoms with van der Waals surface area (Å²) in [4.78, 5) is 10.7. The summed E-state index contributed by atoms with van der Waals surface area (Å²) in [5, 5.41) is 30.1. The topological polar surface area (TPSA) is 77.8 Å². The van der Waals surface area contributed by atoms with E-state index >= 15 is 0 Å². The predicted molar refractivity (Wildman–Crippen MR) is 117 cm³/mol. The van der Waals surface area contributed by atoms with Crippen LogP contribution in [0.5, 0.6) is 0 Å². The molecule has 0 amide bonds. The first-order valence-electron chi connectivity index (χ1n) is 11.3. The molecule has 0 aromatic heterocycles. The molecule has 1 fully saturated rings. The first-order valence-corrected chi connectivity index (χ1v) is 11.3. The van der Waals surface area contributed by atoms with Crippen LogP contribution in [0.15, 0.2) is 36.0 Å². The van der Waals surface area contributed by atoms with Crippen LogP contribution in [0.2, 0.25) is 0 Å². The molecule has 4 unspecified atom stereocenters. The van der Waals surface area contributed by atoms with Crippen LogP contribution in [-0.2, 0) is 4.79 Å². The predicted octanol–water partition coefficient (Wildman–Crippen LogP) is 5.12. The zero-order valence-corrected chi connectivity index (χ0v) is 18.6. The van der Waals surface area contributed by atoms with Crippen molar-refractivity contribution >= 4 is 5.97 Å². The van der Waals surface area contributed by atoms with Crippen LogP contribution < -0.4 is 0 Å². The van der Waals surface area contributed by atoms with Gasteiger partial charge in [0.25, 0.3) is 0 Å². The van der Waals surface area contributed by atoms with E-state index in [4.69, 9.17) is 5.11 Å². The lowest BCUT2D eigenvalue weighted by atomic mass is 9.81. The number of aliphatic hydroxyl groups excluding tert-OH is 2. The molecule has 3 N–H and O–H groups in total. The Bertz CT molecular complexity index is 631. The molecular weight excluding hydrogens is 364 g/mol. The van der Waals surface area contributed by atoms with Crippen LogP contribution in [0.4, 0.5) is 0 Å². The van der Waals surface area contributed by atoms with E-state index in [0.29, 0.717) is 24.2 Å². The van der Waals surface area contributed by atoms with Crippen molar-refractivity contribution in [1.82, 2.24) is 0 Å². The highest BCUT2D eigenvalue weighted by molar-refractivity contribution is 5.66. The van der Waals surface area contributed by atoms with E-state index < -0.39 is 12.1 Å². The Hall–Kier alpha value is -1.39. The van der Waals surface area contributed by atoms with Gasteiger partial charge in [-0.2, -0.15) is 0 Å². The van der Waals surface area contributed by atoms with Gasteiger partial charge >= 0.3 is 5.97 Å². The second-order valence-corrected chi connectivity index (χ2v) is 9.74. The minimum absolute atomic E-state index is 0.0802. The van der Waals surface area contributed by atoms with Gasteiger partial charge in [-0.3, -0.25) is 4.79 Å². The van der Waals surface area contributed by atoms with Crippen LogP contribution >= 0.6 is 0 Å². The summed E-state index contributed by atoms with van der Waals surface area (Å²) >= 11 is 0. The SMILES string of the molecule is CC/C=C/CC(C)(C)C(O)/C=C/[C@@H]1C2CC(C(C)CCCC(=O)O)=CC2C[C@H]1O. The molecule has 0 aromatic rings. The maximum atomic E-state index is 10.7. The van der Waals surface area contributed by atoms with Gasteiger partial charge in [0.05, 0.1) is 12.2 Å². The molecule has 4 nitrogen and oxygen atoms in total. The van der Waals surface area contributed by atoms with Crippen LogP contribution in [0.1, 0.15) is 72.6 Å². The van der Waals surface area contributed by atoms with E-state index in [0.717, 1.165) is 32.1 Å². The molecule has 0 radical (unpaired) electrons. The Morgan fingerprint density at radius 1 is 1.34 bits per heavy atom. The monoisotopic (exact) mass is 404 g/mol. The molecule has 2 aliphatic rings. The summed E-state index contributed by atoms with van der Waals surface area (Å²) in [5.74, 6) is 0.547. The second kappa shape index (κ2) is 10.6. The van der Waals surface area contributed by atoms with Gasteiger partial charge in [0.1, 0.15) is 0 Å². The number of rotatable bonds is 11. The third-order valence-electron chi connectivity index (χ3n) is 6.93. The summed E-state index contributed by atoms with van der Waals surface area (Å²) in [7, 11) is 0. The highest BCUT2D eigenvalue weighted by atomic mass is 16.4. The zero-order valence-electron chi connectivity index (χ0n) is 18.6. The number of aliphatic carboxylic acids is 1. The number of hydrogen-bond acceptors (Lipinski definition) is 3. The van der Waals surface area contributed by atoms with Crippen LogP contribution in [0.25, 0.3) is 0 Å². The van der Waals surface area contributed by atoms with Crippen molar-refractivity contribution < 1.29 is 20.1 Å². The van der Waals surface area contributed by atoms with Gasteiger partial charge in [-0.15, -0.1) is 0 Å². The number of aliphatic hydroxyl groups is 2. The Morgan fingerprint density at radius 3 is 2.72 bits per heavy atom. The molecule has 1 saturated carbocycles. The van der Waals surface area contributed by atoms with E-state index in [2.05, 4.69) is 52.0 Å². The molecule has 2 rings (SSSR count). The number of carbonyl (C=O) groups is 1. The van der Waals surface area contributed by atoms with Crippen molar-refractivity contribution in [3.63, 3.8) is 0 Å². The molecule has 0 aromatic carbocycles. The van der Waals surface area contributed by atoms with Gasteiger partial charge in [0.15, 0.2) is 0 Å². The van der Waals surface area contributed by atoms with Crippen LogP contribution in [0, 0.1) is 29.1 Å². The second-order valence-electron chi connectivity index (χ2n) is 9.74. The lowest BCUT2D eigenvalue weighted by molar-refractivity contribution is -0.137. The van der Waals surface area contributed by atoms with Crippen molar-refractivity contribution in [3.8, 4) is 0 Å². The third-order valence-corrected chi connectivity index (χ3v) is 6.93. The summed E-state index contributed by atoms with van der Waals surface area (Å²) in [6.45, 7) is 8.44. The molecule has 0 bridgehead atoms. The molecule has 0 aliphatic heterocycles. The fraction of sp³-hybridized carbons (Fsp3) is 0.720. The highest BCUT2D eigenvalue weighted by Gasteiger charge is 2.44. The third kappa shape index (κ3) is 6.55. The van der Waals surface area contributed by atoms with Crippen molar-refractivity contribution in [2.75, 3.05) is 0 Å². The zero-order chi connectivity index (χ0) is 21.6. The minimum atomic E-state index is -0.727. The van der Waals surface area contributed by atoms with E-state index in [9.17, 15) is 15.0 Å². The van der Waals surface area contributed by atoms with Gasteiger partial charge in [-0.05, 0) is 61.7 Å². The largest absolute Gasteiger partial charge is 0.481 e. The molecule has 6 atom stereocenters. The van der Waals surface area contributed by atoms with Gasteiger partial charge in [0, 0.05) is 12.3 Å². The Kier molecular flexibility index (Phi) is 8.72. The smallest absolute Gasteiger partial charge is 0.303 e. The summed E-state index contributed by atoms with van der Waals surface area (Å²) in [5.41, 5.74) is 1.18. The minimum Gasteiger partial charge on any atom is -0.481 e. The lowest BCUT2D eigenvalue weighted by Gasteiger charge is -2.28. The van der Waals surface area contributed by atoms with Crippen LogP contribution in [0.3, 0.4) is 0 Å².